The summed E-state index contributed by atoms with van der Waals surface area (Å²) in [4.78, 5) is 22.6. The number of aromatic carboxylic acids is 1. The fraction of sp³-hybridized carbons (Fsp3) is 0. The van der Waals surface area contributed by atoms with Crippen molar-refractivity contribution in [3.8, 4) is 0 Å². The topological polar surface area (TPSA) is 121 Å². The second kappa shape index (κ2) is 5.31. The summed E-state index contributed by atoms with van der Waals surface area (Å²) in [5.41, 5.74) is 12.6. The molecule has 2 rings (SSSR count). The summed E-state index contributed by atoms with van der Waals surface area (Å²) in [5.74, 6) is -1.69. The second-order valence-electron chi connectivity index (χ2n) is 4.17. The van der Waals surface area contributed by atoms with E-state index < -0.39 is 5.97 Å². The van der Waals surface area contributed by atoms with Gasteiger partial charge in [-0.15, -0.1) is 0 Å². The molecule has 0 bridgehead atoms. The van der Waals surface area contributed by atoms with Crippen molar-refractivity contribution in [2.24, 2.45) is 0 Å². The van der Waals surface area contributed by atoms with Crippen molar-refractivity contribution in [2.45, 2.75) is 0 Å². The third kappa shape index (κ3) is 2.86. The van der Waals surface area contributed by atoms with Crippen LogP contribution in [-0.4, -0.2) is 11.9 Å². The Hall–Kier alpha value is -3.02. The number of nitrogens with two attached hydrogens (primary N) is 2. The molecule has 1 amide bonds. The van der Waals surface area contributed by atoms with E-state index in [4.69, 9.17) is 11.5 Å². The van der Waals surface area contributed by atoms with Gasteiger partial charge < -0.3 is 26.7 Å². The van der Waals surface area contributed by atoms with Gasteiger partial charge in [-0.05, 0) is 42.0 Å². The average Bonchev–Trinajstić information content (AvgIpc) is 2.41. The van der Waals surface area contributed by atoms with Gasteiger partial charge >= 0.3 is 0 Å². The second-order valence-corrected chi connectivity index (χ2v) is 4.17. The maximum Gasteiger partial charge on any atom is 0.255 e. The number of nitrogens with one attached hydrogen (secondary N) is 1. The SMILES string of the molecule is Nc1ccc(C(=O)Nc2ccc(C(=O)[O-])cc2N)cc1. The summed E-state index contributed by atoms with van der Waals surface area (Å²) in [5, 5.41) is 13.3. The first-order chi connectivity index (χ1) is 9.47. The molecule has 0 spiro atoms. The van der Waals surface area contributed by atoms with Gasteiger partial charge in [-0.3, -0.25) is 4.79 Å². The van der Waals surface area contributed by atoms with Crippen molar-refractivity contribution in [3.05, 3.63) is 53.6 Å². The minimum absolute atomic E-state index is 0.0482. The zero-order chi connectivity index (χ0) is 14.7. The van der Waals surface area contributed by atoms with Crippen LogP contribution in [0.25, 0.3) is 0 Å². The van der Waals surface area contributed by atoms with Crippen LogP contribution in [0, 0.1) is 0 Å². The molecule has 6 nitrogen and oxygen atoms in total. The van der Waals surface area contributed by atoms with E-state index in [1.165, 1.54) is 18.2 Å². The fourth-order valence-electron chi connectivity index (χ4n) is 1.63. The number of rotatable bonds is 3. The Morgan fingerprint density at radius 2 is 1.55 bits per heavy atom. The van der Waals surface area contributed by atoms with Gasteiger partial charge in [0, 0.05) is 11.3 Å². The molecule has 0 atom stereocenters. The Kier molecular flexibility index (Phi) is 3.56. The number of carboxylic acids is 1. The molecule has 5 N–H and O–H groups in total. The molecule has 6 heteroatoms. The molecular weight excluding hydrogens is 258 g/mol. The van der Waals surface area contributed by atoms with Crippen LogP contribution in [0.3, 0.4) is 0 Å². The predicted octanol–water partition coefficient (Wildman–Crippen LogP) is 0.467. The largest absolute Gasteiger partial charge is 0.545 e. The number of nitrogen functional groups attached to an aromatic ring is 2. The first-order valence-corrected chi connectivity index (χ1v) is 5.75. The minimum atomic E-state index is -1.33. The Morgan fingerprint density at radius 3 is 2.10 bits per heavy atom. The van der Waals surface area contributed by atoms with Gasteiger partial charge in [-0.2, -0.15) is 0 Å². The normalized spacial score (nSPS) is 10.0. The molecule has 20 heavy (non-hydrogen) atoms. The quantitative estimate of drug-likeness (QED) is 0.700. The maximum atomic E-state index is 12.0. The highest BCUT2D eigenvalue weighted by molar-refractivity contribution is 6.06. The lowest BCUT2D eigenvalue weighted by atomic mass is 10.1. The number of carbonyl (C=O) groups is 2. The molecule has 102 valence electrons. The summed E-state index contributed by atoms with van der Waals surface area (Å²) in [6.07, 6.45) is 0. The Morgan fingerprint density at radius 1 is 0.950 bits per heavy atom. The molecule has 0 aliphatic heterocycles. The van der Waals surface area contributed by atoms with Crippen molar-refractivity contribution in [3.63, 3.8) is 0 Å². The van der Waals surface area contributed by atoms with Crippen molar-refractivity contribution < 1.29 is 14.7 Å². The number of benzene rings is 2. The number of anilines is 3. The van der Waals surface area contributed by atoms with Crippen LogP contribution in [0.1, 0.15) is 20.7 Å². The van der Waals surface area contributed by atoms with E-state index in [0.29, 0.717) is 16.9 Å². The van der Waals surface area contributed by atoms with E-state index in [-0.39, 0.29) is 17.2 Å². The molecule has 0 radical (unpaired) electrons. The Bertz CT molecular complexity index is 666. The summed E-state index contributed by atoms with van der Waals surface area (Å²) in [6, 6.07) is 10.3. The summed E-state index contributed by atoms with van der Waals surface area (Å²) < 4.78 is 0. The van der Waals surface area contributed by atoms with Crippen molar-refractivity contribution in [1.82, 2.24) is 0 Å². The molecule has 2 aromatic rings. The van der Waals surface area contributed by atoms with Crippen LogP contribution in [0.2, 0.25) is 0 Å². The van der Waals surface area contributed by atoms with E-state index in [0.717, 1.165) is 0 Å². The van der Waals surface area contributed by atoms with Crippen LogP contribution in [0.5, 0.6) is 0 Å². The molecule has 0 aromatic heterocycles. The monoisotopic (exact) mass is 270 g/mol. The summed E-state index contributed by atoms with van der Waals surface area (Å²) in [7, 11) is 0. The van der Waals surface area contributed by atoms with E-state index in [2.05, 4.69) is 5.32 Å². The zero-order valence-electron chi connectivity index (χ0n) is 10.4. The van der Waals surface area contributed by atoms with E-state index in [9.17, 15) is 14.7 Å². The van der Waals surface area contributed by atoms with Crippen LogP contribution >= 0.6 is 0 Å². The van der Waals surface area contributed by atoms with E-state index in [1.807, 2.05) is 0 Å². The van der Waals surface area contributed by atoms with Crippen molar-refractivity contribution >= 4 is 28.9 Å². The molecule has 0 unspecified atom stereocenters. The van der Waals surface area contributed by atoms with Crippen molar-refractivity contribution in [1.29, 1.82) is 0 Å². The lowest BCUT2D eigenvalue weighted by molar-refractivity contribution is -0.255. The predicted molar refractivity (Wildman–Crippen MR) is 74.0 cm³/mol. The maximum absolute atomic E-state index is 12.0. The lowest BCUT2D eigenvalue weighted by Gasteiger charge is -2.10. The van der Waals surface area contributed by atoms with Crippen LogP contribution < -0.4 is 21.9 Å². The smallest absolute Gasteiger partial charge is 0.255 e. The molecular formula is C14H12N3O3-. The number of carbonyl (C=O) groups excluding carboxylic acids is 2. The van der Waals surface area contributed by atoms with E-state index >= 15 is 0 Å². The summed E-state index contributed by atoms with van der Waals surface area (Å²) in [6.45, 7) is 0. The van der Waals surface area contributed by atoms with Crippen LogP contribution in [0.4, 0.5) is 17.1 Å². The minimum Gasteiger partial charge on any atom is -0.545 e. The lowest BCUT2D eigenvalue weighted by Crippen LogP contribution is -2.22. The van der Waals surface area contributed by atoms with Crippen molar-refractivity contribution in [2.75, 3.05) is 16.8 Å². The van der Waals surface area contributed by atoms with Gasteiger partial charge in [-0.1, -0.05) is 6.07 Å². The first-order valence-electron chi connectivity index (χ1n) is 5.75. The number of hydrogen-bond donors (Lipinski definition) is 3. The van der Waals surface area contributed by atoms with Gasteiger partial charge in [0.25, 0.3) is 5.91 Å². The molecule has 0 fully saturated rings. The highest BCUT2D eigenvalue weighted by Gasteiger charge is 2.08. The molecule has 0 saturated heterocycles. The highest BCUT2D eigenvalue weighted by Crippen LogP contribution is 2.20. The van der Waals surface area contributed by atoms with Crippen LogP contribution in [0.15, 0.2) is 42.5 Å². The van der Waals surface area contributed by atoms with Crippen LogP contribution in [-0.2, 0) is 0 Å². The Labute approximate surface area is 115 Å². The molecule has 0 aliphatic carbocycles. The van der Waals surface area contributed by atoms with Gasteiger partial charge in [-0.25, -0.2) is 0 Å². The van der Waals surface area contributed by atoms with Gasteiger partial charge in [0.05, 0.1) is 17.3 Å². The molecule has 2 aromatic carbocycles. The zero-order valence-corrected chi connectivity index (χ0v) is 10.4. The number of carboxylic acid groups (broad SMARTS) is 1. The standard InChI is InChI=1S/C14H13N3O3/c15-10-4-1-8(2-5-10)13(18)17-12-6-3-9(14(19)20)7-11(12)16/h1-7H,15-16H2,(H,17,18)(H,19,20)/p-1. The molecule has 0 heterocycles. The summed E-state index contributed by atoms with van der Waals surface area (Å²) >= 11 is 0. The van der Waals surface area contributed by atoms with Gasteiger partial charge in [0.15, 0.2) is 0 Å². The molecule has 0 aliphatic rings. The Balaban J connectivity index is 2.19. The number of amides is 1. The number of hydrogen-bond acceptors (Lipinski definition) is 5. The average molecular weight is 270 g/mol. The van der Waals surface area contributed by atoms with Gasteiger partial charge in [0.1, 0.15) is 0 Å². The third-order valence-corrected chi connectivity index (χ3v) is 2.71. The third-order valence-electron chi connectivity index (χ3n) is 2.71. The molecule has 0 saturated carbocycles. The van der Waals surface area contributed by atoms with Gasteiger partial charge in [0.2, 0.25) is 0 Å². The first kappa shape index (κ1) is 13.4. The highest BCUT2D eigenvalue weighted by atomic mass is 16.4. The fourth-order valence-corrected chi connectivity index (χ4v) is 1.63. The van der Waals surface area contributed by atoms with E-state index in [1.54, 1.807) is 24.3 Å².